The van der Waals surface area contributed by atoms with E-state index in [9.17, 15) is 9.59 Å². The maximum absolute atomic E-state index is 12.4. The van der Waals surface area contributed by atoms with Gasteiger partial charge in [-0.2, -0.15) is 0 Å². The van der Waals surface area contributed by atoms with Crippen LogP contribution in [0.4, 0.5) is 10.5 Å². The van der Waals surface area contributed by atoms with Crippen molar-refractivity contribution >= 4 is 17.6 Å². The number of nitrogens with one attached hydrogen (secondary N) is 2. The number of nitrogens with zero attached hydrogens (tertiary/aromatic N) is 1. The third-order valence-corrected chi connectivity index (χ3v) is 5.24. The molecule has 0 spiro atoms. The molecule has 1 atom stereocenters. The minimum atomic E-state index is -0.181. The summed E-state index contributed by atoms with van der Waals surface area (Å²) in [5.41, 5.74) is 0.774. The highest BCUT2D eigenvalue weighted by Gasteiger charge is 2.32. The number of carbonyl (C=O) groups excluding carboxylic acids is 2. The van der Waals surface area contributed by atoms with Crippen LogP contribution in [0.25, 0.3) is 0 Å². The first-order valence-electron chi connectivity index (χ1n) is 9.46. The molecule has 26 heavy (non-hydrogen) atoms. The second-order valence-electron chi connectivity index (χ2n) is 7.19. The van der Waals surface area contributed by atoms with E-state index in [0.29, 0.717) is 37.7 Å². The average molecular weight is 359 g/mol. The minimum Gasteiger partial charge on any atom is -0.486 e. The maximum atomic E-state index is 12.4. The second kappa shape index (κ2) is 7.43. The van der Waals surface area contributed by atoms with Gasteiger partial charge in [0, 0.05) is 30.8 Å². The Labute approximate surface area is 153 Å². The predicted molar refractivity (Wildman–Crippen MR) is 96.7 cm³/mol. The van der Waals surface area contributed by atoms with E-state index in [4.69, 9.17) is 9.47 Å². The zero-order valence-electron chi connectivity index (χ0n) is 14.8. The summed E-state index contributed by atoms with van der Waals surface area (Å²) >= 11 is 0. The Hall–Kier alpha value is -2.44. The molecule has 2 N–H and O–H groups in total. The van der Waals surface area contributed by atoms with Crippen LogP contribution in [-0.4, -0.2) is 43.8 Å². The summed E-state index contributed by atoms with van der Waals surface area (Å²) in [5.74, 6) is 1.37. The molecule has 1 aromatic carbocycles. The Morgan fingerprint density at radius 1 is 1.00 bits per heavy atom. The van der Waals surface area contributed by atoms with Crippen LogP contribution in [0.5, 0.6) is 11.5 Å². The van der Waals surface area contributed by atoms with E-state index in [0.717, 1.165) is 18.5 Å². The number of rotatable bonds is 3. The lowest BCUT2D eigenvalue weighted by Crippen LogP contribution is -2.47. The van der Waals surface area contributed by atoms with E-state index in [1.807, 2.05) is 18.2 Å². The largest absolute Gasteiger partial charge is 0.486 e. The minimum absolute atomic E-state index is 0.00430. The van der Waals surface area contributed by atoms with E-state index >= 15 is 0 Å². The summed E-state index contributed by atoms with van der Waals surface area (Å²) < 4.78 is 11.1. The molecule has 2 aliphatic heterocycles. The Bertz CT molecular complexity index is 687. The number of anilines is 1. The van der Waals surface area contributed by atoms with Gasteiger partial charge >= 0.3 is 6.03 Å². The van der Waals surface area contributed by atoms with Crippen LogP contribution in [0.15, 0.2) is 18.2 Å². The summed E-state index contributed by atoms with van der Waals surface area (Å²) in [4.78, 5) is 26.3. The Morgan fingerprint density at radius 2 is 1.73 bits per heavy atom. The number of ether oxygens (including phenoxy) is 2. The SMILES string of the molecule is O=C(NC1CCCCC1)NC1CC(=O)N(c2ccc3c(c2)OCCO3)C1. The predicted octanol–water partition coefficient (Wildman–Crippen LogP) is 2.19. The van der Waals surface area contributed by atoms with Gasteiger partial charge < -0.3 is 25.0 Å². The molecule has 140 valence electrons. The van der Waals surface area contributed by atoms with Gasteiger partial charge in [0.1, 0.15) is 13.2 Å². The molecule has 0 bridgehead atoms. The lowest BCUT2D eigenvalue weighted by atomic mass is 9.96. The van der Waals surface area contributed by atoms with Crippen LogP contribution in [0.2, 0.25) is 0 Å². The molecule has 7 nitrogen and oxygen atoms in total. The molecule has 1 aliphatic carbocycles. The highest BCUT2D eigenvalue weighted by Crippen LogP contribution is 2.35. The van der Waals surface area contributed by atoms with E-state index in [2.05, 4.69) is 10.6 Å². The lowest BCUT2D eigenvalue weighted by Gasteiger charge is -2.24. The van der Waals surface area contributed by atoms with Crippen LogP contribution in [0, 0.1) is 0 Å². The summed E-state index contributed by atoms with van der Waals surface area (Å²) in [5, 5.41) is 5.99. The molecular weight excluding hydrogens is 334 g/mol. The number of hydrogen-bond donors (Lipinski definition) is 2. The zero-order valence-corrected chi connectivity index (χ0v) is 14.8. The van der Waals surface area contributed by atoms with Crippen LogP contribution in [0.3, 0.4) is 0 Å². The normalized spacial score (nSPS) is 23.0. The van der Waals surface area contributed by atoms with Gasteiger partial charge in [-0.3, -0.25) is 4.79 Å². The van der Waals surface area contributed by atoms with Crippen molar-refractivity contribution in [2.24, 2.45) is 0 Å². The van der Waals surface area contributed by atoms with Gasteiger partial charge in [-0.15, -0.1) is 0 Å². The Balaban J connectivity index is 1.35. The summed E-state index contributed by atoms with van der Waals surface area (Å²) in [6.45, 7) is 1.52. The second-order valence-corrected chi connectivity index (χ2v) is 7.19. The molecular formula is C19H25N3O4. The van der Waals surface area contributed by atoms with Crippen molar-refractivity contribution in [3.8, 4) is 11.5 Å². The fourth-order valence-electron chi connectivity index (χ4n) is 3.91. The maximum Gasteiger partial charge on any atom is 0.315 e. The first-order chi connectivity index (χ1) is 12.7. The van der Waals surface area contributed by atoms with Crippen molar-refractivity contribution in [1.82, 2.24) is 10.6 Å². The van der Waals surface area contributed by atoms with E-state index in [1.54, 1.807) is 4.90 Å². The number of amides is 3. The van der Waals surface area contributed by atoms with Gasteiger partial charge in [0.25, 0.3) is 0 Å². The van der Waals surface area contributed by atoms with Crippen molar-refractivity contribution in [2.45, 2.75) is 50.6 Å². The van der Waals surface area contributed by atoms with Crippen molar-refractivity contribution in [3.63, 3.8) is 0 Å². The molecule has 1 saturated heterocycles. The average Bonchev–Trinajstić information content (AvgIpc) is 3.02. The van der Waals surface area contributed by atoms with Crippen molar-refractivity contribution in [2.75, 3.05) is 24.7 Å². The highest BCUT2D eigenvalue weighted by molar-refractivity contribution is 5.97. The highest BCUT2D eigenvalue weighted by atomic mass is 16.6. The number of urea groups is 1. The topological polar surface area (TPSA) is 79.9 Å². The van der Waals surface area contributed by atoms with Crippen molar-refractivity contribution in [3.05, 3.63) is 18.2 Å². The van der Waals surface area contributed by atoms with E-state index < -0.39 is 0 Å². The van der Waals surface area contributed by atoms with Gasteiger partial charge in [0.15, 0.2) is 11.5 Å². The fraction of sp³-hybridized carbons (Fsp3) is 0.579. The number of hydrogen-bond acceptors (Lipinski definition) is 4. The van der Waals surface area contributed by atoms with Gasteiger partial charge in [0.05, 0.1) is 6.04 Å². The summed E-state index contributed by atoms with van der Waals surface area (Å²) in [6.07, 6.45) is 5.99. The molecule has 0 radical (unpaired) electrons. The summed E-state index contributed by atoms with van der Waals surface area (Å²) in [6, 6.07) is 5.42. The first kappa shape index (κ1) is 17.0. The smallest absolute Gasteiger partial charge is 0.315 e. The molecule has 3 amide bonds. The van der Waals surface area contributed by atoms with Crippen LogP contribution in [-0.2, 0) is 4.79 Å². The summed E-state index contributed by atoms with van der Waals surface area (Å²) in [7, 11) is 0. The van der Waals surface area contributed by atoms with Gasteiger partial charge in [-0.25, -0.2) is 4.79 Å². The molecule has 4 rings (SSSR count). The van der Waals surface area contributed by atoms with Crippen molar-refractivity contribution < 1.29 is 19.1 Å². The zero-order chi connectivity index (χ0) is 17.9. The Morgan fingerprint density at radius 3 is 2.54 bits per heavy atom. The number of fused-ring (bicyclic) bond motifs is 1. The van der Waals surface area contributed by atoms with Crippen LogP contribution in [0.1, 0.15) is 38.5 Å². The molecule has 1 unspecified atom stereocenters. The quantitative estimate of drug-likeness (QED) is 0.867. The van der Waals surface area contributed by atoms with Crippen LogP contribution < -0.4 is 25.0 Å². The van der Waals surface area contributed by atoms with E-state index in [1.165, 1.54) is 19.3 Å². The van der Waals surface area contributed by atoms with E-state index in [-0.39, 0.29) is 24.0 Å². The molecule has 3 aliphatic rings. The lowest BCUT2D eigenvalue weighted by molar-refractivity contribution is -0.117. The molecule has 0 aromatic heterocycles. The number of carbonyl (C=O) groups is 2. The van der Waals surface area contributed by atoms with Crippen LogP contribution >= 0.6 is 0 Å². The third-order valence-electron chi connectivity index (χ3n) is 5.24. The third kappa shape index (κ3) is 3.71. The van der Waals surface area contributed by atoms with Gasteiger partial charge in [-0.05, 0) is 25.0 Å². The Kier molecular flexibility index (Phi) is 4.86. The van der Waals surface area contributed by atoms with Gasteiger partial charge in [-0.1, -0.05) is 19.3 Å². The molecule has 2 fully saturated rings. The van der Waals surface area contributed by atoms with Gasteiger partial charge in [0.2, 0.25) is 5.91 Å². The molecule has 7 heteroatoms. The molecule has 2 heterocycles. The van der Waals surface area contributed by atoms with Crippen molar-refractivity contribution in [1.29, 1.82) is 0 Å². The first-order valence-corrected chi connectivity index (χ1v) is 9.46. The molecule has 1 saturated carbocycles. The standard InChI is InChI=1S/C19H25N3O4/c23-18-10-14(21-19(24)20-13-4-2-1-3-5-13)12-22(18)15-6-7-16-17(11-15)26-9-8-25-16/h6-7,11,13-14H,1-5,8-10,12H2,(H2,20,21,24). The fourth-order valence-corrected chi connectivity index (χ4v) is 3.91. The number of benzene rings is 1. The molecule has 1 aromatic rings. The monoisotopic (exact) mass is 359 g/mol.